The van der Waals surface area contributed by atoms with Gasteiger partial charge in [-0.05, 0) is 37.3 Å². The Labute approximate surface area is 161 Å². The molecule has 140 valence electrons. The molecule has 1 aromatic carbocycles. The van der Waals surface area contributed by atoms with Gasteiger partial charge in [0.2, 0.25) is 5.91 Å². The van der Waals surface area contributed by atoms with Crippen molar-refractivity contribution in [3.8, 4) is 0 Å². The van der Waals surface area contributed by atoms with Gasteiger partial charge in [0, 0.05) is 42.0 Å². The Morgan fingerprint density at radius 1 is 1.26 bits per heavy atom. The van der Waals surface area contributed by atoms with Gasteiger partial charge in [-0.1, -0.05) is 18.2 Å². The fourth-order valence-corrected chi connectivity index (χ4v) is 4.67. The molecule has 2 aromatic heterocycles. The third-order valence-corrected chi connectivity index (χ3v) is 5.90. The van der Waals surface area contributed by atoms with Gasteiger partial charge >= 0.3 is 0 Å². The summed E-state index contributed by atoms with van der Waals surface area (Å²) in [7, 11) is 0. The van der Waals surface area contributed by atoms with Crippen LogP contribution in [0.1, 0.15) is 47.4 Å². The third kappa shape index (κ3) is 3.47. The van der Waals surface area contributed by atoms with Crippen LogP contribution in [0.3, 0.4) is 0 Å². The predicted octanol–water partition coefficient (Wildman–Crippen LogP) is 3.91. The normalized spacial score (nSPS) is 15.3. The molecular weight excluding hydrogens is 360 g/mol. The first-order valence-electron chi connectivity index (χ1n) is 9.12. The van der Waals surface area contributed by atoms with Gasteiger partial charge in [-0.2, -0.15) is 0 Å². The molecule has 0 saturated carbocycles. The number of aromatic amines is 1. The highest BCUT2D eigenvalue weighted by atomic mass is 32.1. The molecule has 7 heteroatoms. The van der Waals surface area contributed by atoms with E-state index in [-0.39, 0.29) is 11.8 Å². The molecule has 0 aliphatic carbocycles. The summed E-state index contributed by atoms with van der Waals surface area (Å²) in [4.78, 5) is 33.4. The van der Waals surface area contributed by atoms with Gasteiger partial charge < -0.3 is 15.2 Å². The fourth-order valence-electron chi connectivity index (χ4n) is 3.94. The number of nitrogens with zero attached hydrogens (tertiary/aromatic N) is 2. The zero-order valence-corrected chi connectivity index (χ0v) is 16.2. The first-order valence-corrected chi connectivity index (χ1v) is 10.0. The van der Waals surface area contributed by atoms with Crippen molar-refractivity contribution in [1.82, 2.24) is 14.9 Å². The second kappa shape index (κ2) is 7.15. The van der Waals surface area contributed by atoms with Gasteiger partial charge in [0.1, 0.15) is 5.69 Å². The summed E-state index contributed by atoms with van der Waals surface area (Å²) in [5.41, 5.74) is 4.20. The SMILES string of the molecule is CC(=O)Nc1nc(C(=O)N2CCC(c3c(C)[nH]c4ccccc34)CC2)cs1. The summed E-state index contributed by atoms with van der Waals surface area (Å²) >= 11 is 1.28. The molecule has 1 saturated heterocycles. The maximum Gasteiger partial charge on any atom is 0.273 e. The number of thiazole rings is 1. The standard InChI is InChI=1S/C20H22N4O2S/c1-12-18(15-5-3-4-6-16(15)21-12)14-7-9-24(10-8-14)19(26)17-11-27-20(23-17)22-13(2)25/h3-6,11,14,21H,7-10H2,1-2H3,(H,22,23,25). The van der Waals surface area contributed by atoms with E-state index in [1.54, 1.807) is 5.38 Å². The number of carbonyl (C=O) groups is 2. The number of para-hydroxylation sites is 1. The van der Waals surface area contributed by atoms with E-state index < -0.39 is 0 Å². The Kier molecular flexibility index (Phi) is 4.70. The first-order chi connectivity index (χ1) is 13.0. The molecule has 3 aromatic rings. The van der Waals surface area contributed by atoms with Gasteiger partial charge in [-0.15, -0.1) is 11.3 Å². The summed E-state index contributed by atoms with van der Waals surface area (Å²) in [6.45, 7) is 5.00. The number of carbonyl (C=O) groups excluding carboxylic acids is 2. The molecule has 2 amide bonds. The van der Waals surface area contributed by atoms with E-state index in [2.05, 4.69) is 40.4 Å². The number of hydrogen-bond acceptors (Lipinski definition) is 4. The largest absolute Gasteiger partial charge is 0.358 e. The van der Waals surface area contributed by atoms with Crippen molar-refractivity contribution < 1.29 is 9.59 Å². The van der Waals surface area contributed by atoms with Crippen LogP contribution in [0.25, 0.3) is 10.9 Å². The van der Waals surface area contributed by atoms with Crippen LogP contribution in [0.5, 0.6) is 0 Å². The van der Waals surface area contributed by atoms with E-state index >= 15 is 0 Å². The van der Waals surface area contributed by atoms with E-state index in [4.69, 9.17) is 0 Å². The maximum atomic E-state index is 12.7. The van der Waals surface area contributed by atoms with Crippen molar-refractivity contribution in [3.05, 3.63) is 46.6 Å². The zero-order valence-electron chi connectivity index (χ0n) is 15.4. The topological polar surface area (TPSA) is 78.1 Å². The van der Waals surface area contributed by atoms with Crippen LogP contribution in [0.15, 0.2) is 29.6 Å². The smallest absolute Gasteiger partial charge is 0.273 e. The number of anilines is 1. The first kappa shape index (κ1) is 17.7. The van der Waals surface area contributed by atoms with E-state index in [1.807, 2.05) is 11.0 Å². The molecule has 3 heterocycles. The van der Waals surface area contributed by atoms with Crippen molar-refractivity contribution in [2.24, 2.45) is 0 Å². The van der Waals surface area contributed by atoms with Crippen LogP contribution >= 0.6 is 11.3 Å². The van der Waals surface area contributed by atoms with E-state index in [9.17, 15) is 9.59 Å². The van der Waals surface area contributed by atoms with E-state index in [0.717, 1.165) is 25.9 Å². The van der Waals surface area contributed by atoms with Crippen molar-refractivity contribution in [2.45, 2.75) is 32.6 Å². The van der Waals surface area contributed by atoms with Crippen LogP contribution in [-0.4, -0.2) is 39.8 Å². The Hall–Kier alpha value is -2.67. The predicted molar refractivity (Wildman–Crippen MR) is 107 cm³/mol. The number of aryl methyl sites for hydroxylation is 1. The Morgan fingerprint density at radius 2 is 2.00 bits per heavy atom. The Bertz CT molecular complexity index is 999. The zero-order chi connectivity index (χ0) is 19.0. The molecule has 1 fully saturated rings. The lowest BCUT2D eigenvalue weighted by Crippen LogP contribution is -2.38. The van der Waals surface area contributed by atoms with Gasteiger partial charge in [0.05, 0.1) is 0 Å². The number of aromatic nitrogens is 2. The molecule has 0 bridgehead atoms. The van der Waals surface area contributed by atoms with Crippen LogP contribution in [-0.2, 0) is 4.79 Å². The minimum Gasteiger partial charge on any atom is -0.358 e. The van der Waals surface area contributed by atoms with Gasteiger partial charge in [0.15, 0.2) is 5.13 Å². The molecule has 1 aliphatic heterocycles. The number of piperidine rings is 1. The molecule has 0 atom stereocenters. The van der Waals surface area contributed by atoms with Crippen molar-refractivity contribution >= 4 is 39.2 Å². The van der Waals surface area contributed by atoms with Crippen LogP contribution in [0.4, 0.5) is 5.13 Å². The van der Waals surface area contributed by atoms with Gasteiger partial charge in [-0.3, -0.25) is 9.59 Å². The quantitative estimate of drug-likeness (QED) is 0.721. The second-order valence-electron chi connectivity index (χ2n) is 6.99. The molecule has 4 rings (SSSR count). The highest BCUT2D eigenvalue weighted by Gasteiger charge is 2.28. The monoisotopic (exact) mass is 382 g/mol. The lowest BCUT2D eigenvalue weighted by atomic mass is 9.87. The third-order valence-electron chi connectivity index (χ3n) is 5.14. The van der Waals surface area contributed by atoms with Crippen LogP contribution in [0.2, 0.25) is 0 Å². The van der Waals surface area contributed by atoms with Crippen LogP contribution in [0, 0.1) is 6.92 Å². The molecule has 2 N–H and O–H groups in total. The van der Waals surface area contributed by atoms with Crippen molar-refractivity contribution in [1.29, 1.82) is 0 Å². The number of likely N-dealkylation sites (tertiary alicyclic amines) is 1. The fraction of sp³-hybridized carbons (Fsp3) is 0.350. The molecule has 27 heavy (non-hydrogen) atoms. The maximum absolute atomic E-state index is 12.7. The number of H-pyrrole nitrogens is 1. The minimum atomic E-state index is -0.182. The average molecular weight is 382 g/mol. The number of nitrogens with one attached hydrogen (secondary N) is 2. The highest BCUT2D eigenvalue weighted by Crippen LogP contribution is 2.35. The van der Waals surface area contributed by atoms with Crippen molar-refractivity contribution in [3.63, 3.8) is 0 Å². The molecule has 1 aliphatic rings. The molecule has 0 unspecified atom stereocenters. The summed E-state index contributed by atoms with van der Waals surface area (Å²) in [5, 5.41) is 6.10. The van der Waals surface area contributed by atoms with Gasteiger partial charge in [-0.25, -0.2) is 4.98 Å². The number of amides is 2. The molecule has 0 radical (unpaired) electrons. The van der Waals surface area contributed by atoms with E-state index in [1.165, 1.54) is 40.4 Å². The van der Waals surface area contributed by atoms with E-state index in [0.29, 0.717) is 16.7 Å². The number of benzene rings is 1. The highest BCUT2D eigenvalue weighted by molar-refractivity contribution is 7.14. The summed E-state index contributed by atoms with van der Waals surface area (Å²) < 4.78 is 0. The lowest BCUT2D eigenvalue weighted by molar-refractivity contribution is -0.114. The average Bonchev–Trinajstić information content (AvgIpc) is 3.24. The van der Waals surface area contributed by atoms with Gasteiger partial charge in [0.25, 0.3) is 5.91 Å². The summed E-state index contributed by atoms with van der Waals surface area (Å²) in [6, 6.07) is 8.41. The Morgan fingerprint density at radius 3 is 2.74 bits per heavy atom. The summed E-state index contributed by atoms with van der Waals surface area (Å²) in [5.74, 6) is 0.214. The summed E-state index contributed by atoms with van der Waals surface area (Å²) in [6.07, 6.45) is 1.88. The number of rotatable bonds is 3. The van der Waals surface area contributed by atoms with Crippen LogP contribution < -0.4 is 5.32 Å². The molecular formula is C20H22N4O2S. The Balaban J connectivity index is 1.45. The number of hydrogen-bond donors (Lipinski definition) is 2. The van der Waals surface area contributed by atoms with Crippen molar-refractivity contribution in [2.75, 3.05) is 18.4 Å². The lowest BCUT2D eigenvalue weighted by Gasteiger charge is -2.32. The minimum absolute atomic E-state index is 0.0584. The number of fused-ring (bicyclic) bond motifs is 1. The molecule has 0 spiro atoms. The molecule has 6 nitrogen and oxygen atoms in total. The second-order valence-corrected chi connectivity index (χ2v) is 7.85.